The van der Waals surface area contributed by atoms with Crippen LogP contribution in [-0.4, -0.2) is 6.54 Å². The summed E-state index contributed by atoms with van der Waals surface area (Å²) in [6.07, 6.45) is 2.48. The SMILES string of the molecule is CCCNC1CC(C)c2c(C)cc(C)cc21. The van der Waals surface area contributed by atoms with Crippen molar-refractivity contribution in [3.8, 4) is 0 Å². The first-order valence-electron chi connectivity index (χ1n) is 6.48. The Morgan fingerprint density at radius 3 is 2.75 bits per heavy atom. The quantitative estimate of drug-likeness (QED) is 0.811. The molecule has 1 aliphatic carbocycles. The number of fused-ring (bicyclic) bond motifs is 1. The Labute approximate surface area is 99.3 Å². The normalized spacial score (nSPS) is 23.5. The van der Waals surface area contributed by atoms with Gasteiger partial charge in [0.1, 0.15) is 0 Å². The summed E-state index contributed by atoms with van der Waals surface area (Å²) >= 11 is 0. The molecule has 0 amide bonds. The summed E-state index contributed by atoms with van der Waals surface area (Å²) in [5.74, 6) is 0.713. The van der Waals surface area contributed by atoms with Crippen LogP contribution in [-0.2, 0) is 0 Å². The molecule has 1 aromatic carbocycles. The molecule has 0 saturated carbocycles. The summed E-state index contributed by atoms with van der Waals surface area (Å²) < 4.78 is 0. The van der Waals surface area contributed by atoms with Crippen LogP contribution < -0.4 is 5.32 Å². The zero-order valence-corrected chi connectivity index (χ0v) is 10.9. The van der Waals surface area contributed by atoms with Crippen molar-refractivity contribution in [3.05, 3.63) is 34.4 Å². The van der Waals surface area contributed by atoms with Crippen LogP contribution in [0, 0.1) is 13.8 Å². The lowest BCUT2D eigenvalue weighted by atomic mass is 9.96. The Hall–Kier alpha value is -0.820. The Balaban J connectivity index is 2.33. The molecule has 0 spiro atoms. The van der Waals surface area contributed by atoms with Crippen LogP contribution in [0.15, 0.2) is 12.1 Å². The van der Waals surface area contributed by atoms with E-state index in [9.17, 15) is 0 Å². The molecule has 0 aromatic heterocycles. The van der Waals surface area contributed by atoms with E-state index < -0.39 is 0 Å². The van der Waals surface area contributed by atoms with E-state index in [1.807, 2.05) is 0 Å². The van der Waals surface area contributed by atoms with Crippen molar-refractivity contribution in [3.63, 3.8) is 0 Å². The fourth-order valence-corrected chi connectivity index (χ4v) is 3.08. The molecular weight excluding hydrogens is 194 g/mol. The van der Waals surface area contributed by atoms with Crippen LogP contribution in [0.1, 0.15) is 60.9 Å². The van der Waals surface area contributed by atoms with Gasteiger partial charge in [-0.05, 0) is 55.8 Å². The smallest absolute Gasteiger partial charge is 0.0329 e. The molecule has 16 heavy (non-hydrogen) atoms. The molecule has 0 bridgehead atoms. The van der Waals surface area contributed by atoms with Crippen LogP contribution in [0.25, 0.3) is 0 Å². The third-order valence-corrected chi connectivity index (χ3v) is 3.66. The van der Waals surface area contributed by atoms with Gasteiger partial charge in [0.2, 0.25) is 0 Å². The predicted octanol–water partition coefficient (Wildman–Crippen LogP) is 3.85. The number of hydrogen-bond donors (Lipinski definition) is 1. The minimum absolute atomic E-state index is 0.587. The second kappa shape index (κ2) is 4.58. The maximum Gasteiger partial charge on any atom is 0.0329 e. The molecule has 1 aliphatic rings. The molecule has 0 saturated heterocycles. The summed E-state index contributed by atoms with van der Waals surface area (Å²) in [7, 11) is 0. The van der Waals surface area contributed by atoms with Crippen LogP contribution in [0.3, 0.4) is 0 Å². The second-order valence-electron chi connectivity index (χ2n) is 5.23. The summed E-state index contributed by atoms with van der Waals surface area (Å²) in [6.45, 7) is 10.2. The van der Waals surface area contributed by atoms with Crippen molar-refractivity contribution >= 4 is 0 Å². The van der Waals surface area contributed by atoms with Crippen molar-refractivity contribution in [1.29, 1.82) is 0 Å². The van der Waals surface area contributed by atoms with Gasteiger partial charge < -0.3 is 5.32 Å². The van der Waals surface area contributed by atoms with Crippen molar-refractivity contribution in [2.75, 3.05) is 6.54 Å². The Morgan fingerprint density at radius 1 is 1.31 bits per heavy atom. The summed E-state index contributed by atoms with van der Waals surface area (Å²) in [5, 5.41) is 3.67. The zero-order chi connectivity index (χ0) is 11.7. The van der Waals surface area contributed by atoms with Crippen LogP contribution in [0.2, 0.25) is 0 Å². The first-order chi connectivity index (χ1) is 7.63. The van der Waals surface area contributed by atoms with Gasteiger partial charge >= 0.3 is 0 Å². The molecule has 1 N–H and O–H groups in total. The maximum absolute atomic E-state index is 3.67. The van der Waals surface area contributed by atoms with Gasteiger partial charge in [0.05, 0.1) is 0 Å². The Kier molecular flexibility index (Phi) is 3.34. The lowest BCUT2D eigenvalue weighted by Crippen LogP contribution is -2.20. The summed E-state index contributed by atoms with van der Waals surface area (Å²) in [5.41, 5.74) is 6.02. The standard InChI is InChI=1S/C15H23N/c1-5-6-16-14-9-12(4)15-11(3)7-10(2)8-13(14)15/h7-8,12,14,16H,5-6,9H2,1-4H3. The predicted molar refractivity (Wildman–Crippen MR) is 70.0 cm³/mol. The van der Waals surface area contributed by atoms with Gasteiger partial charge in [0.25, 0.3) is 0 Å². The lowest BCUT2D eigenvalue weighted by molar-refractivity contribution is 0.505. The average Bonchev–Trinajstić information content (AvgIpc) is 2.52. The summed E-state index contributed by atoms with van der Waals surface area (Å²) in [4.78, 5) is 0. The third kappa shape index (κ3) is 2.01. The summed E-state index contributed by atoms with van der Waals surface area (Å²) in [6, 6.07) is 5.28. The van der Waals surface area contributed by atoms with Gasteiger partial charge in [-0.3, -0.25) is 0 Å². The molecule has 2 atom stereocenters. The van der Waals surface area contributed by atoms with Gasteiger partial charge in [-0.2, -0.15) is 0 Å². The molecule has 1 aromatic rings. The van der Waals surface area contributed by atoms with E-state index in [4.69, 9.17) is 0 Å². The van der Waals surface area contributed by atoms with E-state index in [0.717, 1.165) is 6.54 Å². The van der Waals surface area contributed by atoms with E-state index in [1.54, 1.807) is 11.1 Å². The van der Waals surface area contributed by atoms with Gasteiger partial charge in [-0.1, -0.05) is 31.5 Å². The first-order valence-corrected chi connectivity index (χ1v) is 6.48. The fraction of sp³-hybridized carbons (Fsp3) is 0.600. The Morgan fingerprint density at radius 2 is 2.06 bits per heavy atom. The average molecular weight is 217 g/mol. The molecule has 0 aliphatic heterocycles. The number of benzene rings is 1. The monoisotopic (exact) mass is 217 g/mol. The number of rotatable bonds is 3. The highest BCUT2D eigenvalue weighted by molar-refractivity contribution is 5.45. The van der Waals surface area contributed by atoms with Gasteiger partial charge in [0, 0.05) is 6.04 Å². The van der Waals surface area contributed by atoms with Crippen molar-refractivity contribution < 1.29 is 0 Å². The van der Waals surface area contributed by atoms with Crippen LogP contribution >= 0.6 is 0 Å². The minimum atomic E-state index is 0.587. The molecule has 2 rings (SSSR count). The van der Waals surface area contributed by atoms with E-state index in [-0.39, 0.29) is 0 Å². The van der Waals surface area contributed by atoms with Crippen molar-refractivity contribution in [2.24, 2.45) is 0 Å². The minimum Gasteiger partial charge on any atom is -0.310 e. The van der Waals surface area contributed by atoms with Crippen LogP contribution in [0.5, 0.6) is 0 Å². The highest BCUT2D eigenvalue weighted by atomic mass is 14.9. The van der Waals surface area contributed by atoms with Gasteiger partial charge in [-0.15, -0.1) is 0 Å². The fourth-order valence-electron chi connectivity index (χ4n) is 3.08. The molecule has 88 valence electrons. The van der Waals surface area contributed by atoms with E-state index >= 15 is 0 Å². The number of aryl methyl sites for hydroxylation is 2. The lowest BCUT2D eigenvalue weighted by Gasteiger charge is -2.14. The van der Waals surface area contributed by atoms with E-state index in [1.165, 1.54) is 24.0 Å². The molecule has 0 fully saturated rings. The molecule has 1 heteroatoms. The highest BCUT2D eigenvalue weighted by Crippen LogP contribution is 2.42. The van der Waals surface area contributed by atoms with Crippen molar-refractivity contribution in [2.45, 2.75) is 52.5 Å². The van der Waals surface area contributed by atoms with E-state index in [2.05, 4.69) is 45.1 Å². The number of hydrogen-bond acceptors (Lipinski definition) is 1. The van der Waals surface area contributed by atoms with Crippen LogP contribution in [0.4, 0.5) is 0 Å². The molecule has 2 unspecified atom stereocenters. The maximum atomic E-state index is 3.67. The molecule has 0 radical (unpaired) electrons. The highest BCUT2D eigenvalue weighted by Gasteiger charge is 2.28. The number of nitrogens with one attached hydrogen (secondary N) is 1. The largest absolute Gasteiger partial charge is 0.310 e. The van der Waals surface area contributed by atoms with E-state index in [0.29, 0.717) is 12.0 Å². The van der Waals surface area contributed by atoms with Gasteiger partial charge in [-0.25, -0.2) is 0 Å². The third-order valence-electron chi connectivity index (χ3n) is 3.66. The first kappa shape index (κ1) is 11.7. The molecule has 0 heterocycles. The molecular formula is C15H23N. The topological polar surface area (TPSA) is 12.0 Å². The Bertz CT molecular complexity index is 381. The molecule has 1 nitrogen and oxygen atoms in total. The second-order valence-corrected chi connectivity index (χ2v) is 5.23. The van der Waals surface area contributed by atoms with Gasteiger partial charge in [0.15, 0.2) is 0 Å². The zero-order valence-electron chi connectivity index (χ0n) is 10.9. The van der Waals surface area contributed by atoms with Crippen molar-refractivity contribution in [1.82, 2.24) is 5.32 Å².